The minimum absolute atomic E-state index is 0.0277. The summed E-state index contributed by atoms with van der Waals surface area (Å²) in [5, 5.41) is 12.6. The second-order valence-corrected chi connectivity index (χ2v) is 7.47. The van der Waals surface area contributed by atoms with Crippen molar-refractivity contribution in [3.63, 3.8) is 0 Å². The second kappa shape index (κ2) is 6.91. The van der Waals surface area contributed by atoms with Crippen LogP contribution in [0.4, 0.5) is 0 Å². The Bertz CT molecular complexity index is 811. The zero-order valence-electron chi connectivity index (χ0n) is 13.8. The first-order chi connectivity index (χ1) is 11.5. The van der Waals surface area contributed by atoms with Crippen molar-refractivity contribution >= 4 is 35.1 Å². The lowest BCUT2D eigenvalue weighted by Crippen LogP contribution is -2.18. The summed E-state index contributed by atoms with van der Waals surface area (Å²) in [6.45, 7) is 4.36. The molecule has 0 unspecified atom stereocenters. The van der Waals surface area contributed by atoms with Crippen molar-refractivity contribution in [3.8, 4) is 21.9 Å². The van der Waals surface area contributed by atoms with Gasteiger partial charge in [0.1, 0.15) is 0 Å². The second-order valence-electron chi connectivity index (χ2n) is 5.57. The molecular weight excluding hydrogens is 342 g/mol. The molecule has 6 heteroatoms. The first-order valence-electron chi connectivity index (χ1n) is 7.65. The van der Waals surface area contributed by atoms with E-state index in [9.17, 15) is 9.90 Å². The Hall–Kier alpha value is -1.92. The van der Waals surface area contributed by atoms with E-state index in [0.29, 0.717) is 23.1 Å². The number of amides is 1. The molecule has 3 rings (SSSR count). The van der Waals surface area contributed by atoms with Crippen LogP contribution in [0.2, 0.25) is 0 Å². The number of benzene rings is 1. The normalized spacial score (nSPS) is 16.2. The van der Waals surface area contributed by atoms with Crippen molar-refractivity contribution in [1.29, 1.82) is 0 Å². The van der Waals surface area contributed by atoms with Crippen LogP contribution < -0.4 is 4.74 Å². The third-order valence-electron chi connectivity index (χ3n) is 3.77. The highest BCUT2D eigenvalue weighted by Crippen LogP contribution is 2.43. The van der Waals surface area contributed by atoms with Crippen LogP contribution in [0.15, 0.2) is 28.5 Å². The molecule has 2 heterocycles. The number of carbonyl (C=O) groups excluding carboxylic acids is 1. The summed E-state index contributed by atoms with van der Waals surface area (Å²) in [6, 6.07) is 5.72. The fourth-order valence-corrected chi connectivity index (χ4v) is 4.42. The lowest BCUT2D eigenvalue weighted by atomic mass is 10.0. The number of thiophene rings is 1. The molecule has 1 aliphatic rings. The van der Waals surface area contributed by atoms with E-state index < -0.39 is 0 Å². The fraction of sp³-hybridized carbons (Fsp3) is 0.278. The van der Waals surface area contributed by atoms with E-state index in [1.54, 1.807) is 29.4 Å². The number of phenolic OH excluding ortho intramolecular Hbond substituents is 1. The Morgan fingerprint density at radius 3 is 2.79 bits per heavy atom. The van der Waals surface area contributed by atoms with Gasteiger partial charge in [0.2, 0.25) is 0 Å². The van der Waals surface area contributed by atoms with Gasteiger partial charge in [-0.25, -0.2) is 0 Å². The van der Waals surface area contributed by atoms with Crippen molar-refractivity contribution in [2.24, 2.45) is 0 Å². The van der Waals surface area contributed by atoms with Crippen molar-refractivity contribution in [3.05, 3.63) is 39.6 Å². The molecule has 1 aromatic carbocycles. The molecular formula is C18H19NO3S2. The van der Waals surface area contributed by atoms with Crippen LogP contribution in [0.3, 0.4) is 0 Å². The number of carbonyl (C=O) groups is 1. The van der Waals surface area contributed by atoms with E-state index in [0.717, 1.165) is 21.6 Å². The topological polar surface area (TPSA) is 49.8 Å². The van der Waals surface area contributed by atoms with Gasteiger partial charge in [-0.15, -0.1) is 11.3 Å². The summed E-state index contributed by atoms with van der Waals surface area (Å²) in [5.41, 5.74) is 2.70. The molecule has 0 saturated carbocycles. The third-order valence-corrected chi connectivity index (χ3v) is 5.94. The lowest BCUT2D eigenvalue weighted by molar-refractivity contribution is -0.123. The smallest absolute Gasteiger partial charge is 0.260 e. The highest BCUT2D eigenvalue weighted by atomic mass is 32.2. The molecule has 1 aromatic heterocycles. The van der Waals surface area contributed by atoms with E-state index in [2.05, 4.69) is 0 Å². The van der Waals surface area contributed by atoms with Gasteiger partial charge in [0.25, 0.3) is 5.91 Å². The maximum Gasteiger partial charge on any atom is 0.260 e. The predicted molar refractivity (Wildman–Crippen MR) is 101 cm³/mol. The largest absolute Gasteiger partial charge is 0.504 e. The van der Waals surface area contributed by atoms with E-state index >= 15 is 0 Å². The average molecular weight is 361 g/mol. The number of hydrogen-bond donors (Lipinski definition) is 1. The highest BCUT2D eigenvalue weighted by Gasteiger charge is 2.23. The van der Waals surface area contributed by atoms with Gasteiger partial charge >= 0.3 is 0 Å². The molecule has 0 atom stereocenters. The van der Waals surface area contributed by atoms with Crippen molar-refractivity contribution in [2.75, 3.05) is 19.5 Å². The summed E-state index contributed by atoms with van der Waals surface area (Å²) in [5.74, 6) is 1.28. The van der Waals surface area contributed by atoms with Gasteiger partial charge in [-0.2, -0.15) is 0 Å². The minimum Gasteiger partial charge on any atom is -0.504 e. The van der Waals surface area contributed by atoms with Crippen LogP contribution in [-0.2, 0) is 4.79 Å². The van der Waals surface area contributed by atoms with E-state index in [-0.39, 0.29) is 11.7 Å². The number of ether oxygens (including phenoxy) is 1. The van der Waals surface area contributed by atoms with Crippen LogP contribution in [0.25, 0.3) is 16.5 Å². The van der Waals surface area contributed by atoms with Crippen molar-refractivity contribution in [2.45, 2.75) is 13.8 Å². The van der Waals surface area contributed by atoms with Crippen LogP contribution >= 0.6 is 23.1 Å². The maximum atomic E-state index is 12.1. The zero-order valence-corrected chi connectivity index (χ0v) is 15.5. The molecule has 1 fully saturated rings. The Labute approximate surface area is 149 Å². The standard InChI is InChI=1S/C18H19NO3S2/c1-4-22-14-8-12(9-15-18(21)19(3)10-24-15)7-13(16(14)20)17-11(2)5-6-23-17/h5-9,20H,4,10H2,1-3H3. The SMILES string of the molecule is CCOc1cc(C=C2SCN(C)C2=O)cc(-c2sccc2C)c1O. The fourth-order valence-electron chi connectivity index (χ4n) is 2.53. The Kier molecular flexibility index (Phi) is 4.87. The average Bonchev–Trinajstić information content (AvgIpc) is 3.11. The molecule has 2 aromatic rings. The van der Waals surface area contributed by atoms with Crippen LogP contribution in [0.5, 0.6) is 11.5 Å². The van der Waals surface area contributed by atoms with Crippen molar-refractivity contribution in [1.82, 2.24) is 4.90 Å². The molecule has 1 aliphatic heterocycles. The molecule has 0 bridgehead atoms. The Balaban J connectivity index is 2.10. The summed E-state index contributed by atoms with van der Waals surface area (Å²) in [4.78, 5) is 15.5. The minimum atomic E-state index is 0.0277. The van der Waals surface area contributed by atoms with Gasteiger partial charge in [0, 0.05) is 17.5 Å². The quantitative estimate of drug-likeness (QED) is 0.824. The molecule has 4 nitrogen and oxygen atoms in total. The number of rotatable bonds is 4. The molecule has 0 radical (unpaired) electrons. The Morgan fingerprint density at radius 1 is 1.42 bits per heavy atom. The molecule has 1 amide bonds. The number of thioether (sulfide) groups is 1. The molecule has 1 saturated heterocycles. The monoisotopic (exact) mass is 361 g/mol. The summed E-state index contributed by atoms with van der Waals surface area (Å²) in [7, 11) is 1.79. The highest BCUT2D eigenvalue weighted by molar-refractivity contribution is 8.04. The lowest BCUT2D eigenvalue weighted by Gasteiger charge is -2.12. The Morgan fingerprint density at radius 2 is 2.21 bits per heavy atom. The summed E-state index contributed by atoms with van der Waals surface area (Å²) in [6.07, 6.45) is 1.87. The van der Waals surface area contributed by atoms with Crippen LogP contribution in [0.1, 0.15) is 18.1 Å². The zero-order chi connectivity index (χ0) is 17.3. The van der Waals surface area contributed by atoms with Gasteiger partial charge in [-0.3, -0.25) is 4.79 Å². The number of hydrogen-bond acceptors (Lipinski definition) is 5. The third kappa shape index (κ3) is 3.16. The first kappa shape index (κ1) is 16.9. The van der Waals surface area contributed by atoms with Gasteiger partial charge in [-0.1, -0.05) is 11.8 Å². The van der Waals surface area contributed by atoms with Gasteiger partial charge in [0.05, 0.1) is 17.4 Å². The summed E-state index contributed by atoms with van der Waals surface area (Å²) < 4.78 is 5.59. The van der Waals surface area contributed by atoms with Gasteiger partial charge in [0.15, 0.2) is 11.5 Å². The molecule has 0 spiro atoms. The first-order valence-corrected chi connectivity index (χ1v) is 9.52. The van der Waals surface area contributed by atoms with Crippen LogP contribution in [0, 0.1) is 6.92 Å². The molecule has 0 aliphatic carbocycles. The number of aryl methyl sites for hydroxylation is 1. The molecule has 24 heavy (non-hydrogen) atoms. The number of likely N-dealkylation sites (N-methyl/N-ethyl adjacent to an activating group) is 1. The molecule has 126 valence electrons. The van der Waals surface area contributed by atoms with Crippen LogP contribution in [-0.4, -0.2) is 35.4 Å². The van der Waals surface area contributed by atoms with Gasteiger partial charge < -0.3 is 14.7 Å². The maximum absolute atomic E-state index is 12.1. The number of aromatic hydroxyl groups is 1. The predicted octanol–water partition coefficient (Wildman–Crippen LogP) is 4.33. The molecule has 1 N–H and O–H groups in total. The van der Waals surface area contributed by atoms with E-state index in [4.69, 9.17) is 4.74 Å². The van der Waals surface area contributed by atoms with E-state index in [1.165, 1.54) is 11.8 Å². The van der Waals surface area contributed by atoms with E-state index in [1.807, 2.05) is 37.4 Å². The summed E-state index contributed by atoms with van der Waals surface area (Å²) >= 11 is 3.10. The van der Waals surface area contributed by atoms with Crippen molar-refractivity contribution < 1.29 is 14.6 Å². The number of nitrogens with zero attached hydrogens (tertiary/aromatic N) is 1. The number of phenols is 1. The van der Waals surface area contributed by atoms with Gasteiger partial charge in [-0.05, 0) is 54.6 Å².